The van der Waals surface area contributed by atoms with Crippen molar-refractivity contribution in [2.45, 2.75) is 39.4 Å². The molecule has 0 amide bonds. The van der Waals surface area contributed by atoms with Gasteiger partial charge in [-0.1, -0.05) is 43.5 Å². The molecule has 1 atom stereocenters. The number of rotatable bonds is 2. The highest BCUT2D eigenvalue weighted by Gasteiger charge is 2.21. The molecule has 0 bridgehead atoms. The molecule has 0 aromatic heterocycles. The molecule has 112 valence electrons. The van der Waals surface area contributed by atoms with Gasteiger partial charge in [0.1, 0.15) is 0 Å². The molecule has 2 aromatic rings. The SMILES string of the molecule is Cc1c(C)c(C)c(C(Br)c2cc(Cl)ccc2Br)c(C)c1C. The lowest BCUT2D eigenvalue weighted by Gasteiger charge is -2.23. The van der Waals surface area contributed by atoms with Crippen LogP contribution in [0, 0.1) is 34.6 Å². The maximum absolute atomic E-state index is 6.17. The summed E-state index contributed by atoms with van der Waals surface area (Å²) in [6.07, 6.45) is 0. The topological polar surface area (TPSA) is 0 Å². The highest BCUT2D eigenvalue weighted by molar-refractivity contribution is 9.11. The van der Waals surface area contributed by atoms with Gasteiger partial charge in [-0.3, -0.25) is 0 Å². The van der Waals surface area contributed by atoms with E-state index in [1.807, 2.05) is 18.2 Å². The summed E-state index contributed by atoms with van der Waals surface area (Å²) in [6, 6.07) is 5.93. The maximum Gasteiger partial charge on any atom is 0.0661 e. The van der Waals surface area contributed by atoms with E-state index in [-0.39, 0.29) is 4.83 Å². The summed E-state index contributed by atoms with van der Waals surface area (Å²) in [7, 11) is 0. The average molecular weight is 431 g/mol. The van der Waals surface area contributed by atoms with Crippen LogP contribution in [0.5, 0.6) is 0 Å². The standard InChI is InChI=1S/C18H19Br2Cl/c1-9-10(2)12(4)17(13(5)11(9)3)18(20)15-8-14(21)6-7-16(15)19/h6-8,18H,1-5H3. The van der Waals surface area contributed by atoms with Crippen LogP contribution in [0.25, 0.3) is 0 Å². The first-order valence-electron chi connectivity index (χ1n) is 6.91. The zero-order valence-corrected chi connectivity index (χ0v) is 16.9. The van der Waals surface area contributed by atoms with E-state index in [2.05, 4.69) is 66.5 Å². The third-order valence-corrected chi connectivity index (χ3v) is 6.45. The summed E-state index contributed by atoms with van der Waals surface area (Å²) < 4.78 is 1.07. The predicted molar refractivity (Wildman–Crippen MR) is 100 cm³/mol. The van der Waals surface area contributed by atoms with Crippen molar-refractivity contribution in [3.63, 3.8) is 0 Å². The van der Waals surface area contributed by atoms with Crippen molar-refractivity contribution in [1.29, 1.82) is 0 Å². The van der Waals surface area contributed by atoms with E-state index in [9.17, 15) is 0 Å². The van der Waals surface area contributed by atoms with Gasteiger partial charge in [0.2, 0.25) is 0 Å². The van der Waals surface area contributed by atoms with E-state index in [0.717, 1.165) is 15.1 Å². The fraction of sp³-hybridized carbons (Fsp3) is 0.333. The van der Waals surface area contributed by atoms with Gasteiger partial charge in [-0.05, 0) is 91.8 Å². The van der Waals surface area contributed by atoms with Crippen molar-refractivity contribution in [2.75, 3.05) is 0 Å². The number of alkyl halides is 1. The molecular formula is C18H19Br2Cl. The second-order valence-corrected chi connectivity index (χ2v) is 7.77. The zero-order chi connectivity index (χ0) is 15.9. The molecule has 0 fully saturated rings. The van der Waals surface area contributed by atoms with Crippen LogP contribution in [0.2, 0.25) is 5.02 Å². The van der Waals surface area contributed by atoms with Crippen LogP contribution < -0.4 is 0 Å². The minimum atomic E-state index is 0.128. The molecule has 0 saturated heterocycles. The molecule has 0 nitrogen and oxygen atoms in total. The van der Waals surface area contributed by atoms with Gasteiger partial charge in [0, 0.05) is 9.50 Å². The molecular weight excluding hydrogens is 411 g/mol. The molecule has 0 aliphatic carbocycles. The van der Waals surface area contributed by atoms with Gasteiger partial charge in [0.25, 0.3) is 0 Å². The Hall–Kier alpha value is -0.310. The van der Waals surface area contributed by atoms with Gasteiger partial charge >= 0.3 is 0 Å². The predicted octanol–water partition coefficient (Wildman–Crippen LogP) is 7.13. The summed E-state index contributed by atoms with van der Waals surface area (Å²) in [5.41, 5.74) is 9.34. The summed E-state index contributed by atoms with van der Waals surface area (Å²) in [4.78, 5) is 0.128. The Morgan fingerprint density at radius 1 is 0.857 bits per heavy atom. The normalized spacial score (nSPS) is 12.6. The smallest absolute Gasteiger partial charge is 0.0661 e. The quantitative estimate of drug-likeness (QED) is 0.445. The highest BCUT2D eigenvalue weighted by atomic mass is 79.9. The fourth-order valence-corrected chi connectivity index (χ4v) is 4.80. The lowest BCUT2D eigenvalue weighted by molar-refractivity contribution is 1.05. The van der Waals surface area contributed by atoms with Crippen LogP contribution in [0.3, 0.4) is 0 Å². The average Bonchev–Trinajstić information content (AvgIpc) is 2.45. The molecule has 3 heteroatoms. The maximum atomic E-state index is 6.17. The van der Waals surface area contributed by atoms with E-state index in [1.165, 1.54) is 33.4 Å². The van der Waals surface area contributed by atoms with E-state index >= 15 is 0 Å². The monoisotopic (exact) mass is 428 g/mol. The van der Waals surface area contributed by atoms with Crippen molar-refractivity contribution >= 4 is 43.5 Å². The van der Waals surface area contributed by atoms with Crippen molar-refractivity contribution < 1.29 is 0 Å². The largest absolute Gasteiger partial charge is 0.0843 e. The first kappa shape index (κ1) is 17.1. The number of hydrogen-bond acceptors (Lipinski definition) is 0. The summed E-state index contributed by atoms with van der Waals surface area (Å²) in [6.45, 7) is 11.0. The first-order valence-corrected chi connectivity index (χ1v) is 9.00. The second kappa shape index (κ2) is 6.44. The molecule has 2 rings (SSSR count). The van der Waals surface area contributed by atoms with Crippen LogP contribution in [0.15, 0.2) is 22.7 Å². The molecule has 0 N–H and O–H groups in total. The molecule has 0 aliphatic rings. The molecule has 1 unspecified atom stereocenters. The van der Waals surface area contributed by atoms with E-state index in [0.29, 0.717) is 0 Å². The Balaban J connectivity index is 2.69. The number of benzene rings is 2. The molecule has 0 saturated carbocycles. The summed E-state index contributed by atoms with van der Waals surface area (Å²) in [5.74, 6) is 0. The van der Waals surface area contributed by atoms with E-state index in [4.69, 9.17) is 11.6 Å². The summed E-state index contributed by atoms with van der Waals surface area (Å²) >= 11 is 13.7. The summed E-state index contributed by atoms with van der Waals surface area (Å²) in [5, 5.41) is 0.758. The first-order chi connectivity index (χ1) is 9.75. The van der Waals surface area contributed by atoms with Crippen molar-refractivity contribution in [3.8, 4) is 0 Å². The Labute approximate surface area is 149 Å². The third kappa shape index (κ3) is 3.09. The molecule has 0 aliphatic heterocycles. The fourth-order valence-electron chi connectivity index (χ4n) is 2.77. The second-order valence-electron chi connectivity index (χ2n) is 5.57. The molecule has 0 spiro atoms. The van der Waals surface area contributed by atoms with Gasteiger partial charge in [-0.2, -0.15) is 0 Å². The van der Waals surface area contributed by atoms with Crippen LogP contribution >= 0.6 is 43.5 Å². The minimum absolute atomic E-state index is 0.128. The van der Waals surface area contributed by atoms with Gasteiger partial charge < -0.3 is 0 Å². The molecule has 0 radical (unpaired) electrons. The molecule has 21 heavy (non-hydrogen) atoms. The Morgan fingerprint density at radius 2 is 1.33 bits per heavy atom. The highest BCUT2D eigenvalue weighted by Crippen LogP contribution is 2.41. The number of hydrogen-bond donors (Lipinski definition) is 0. The van der Waals surface area contributed by atoms with E-state index in [1.54, 1.807) is 0 Å². The van der Waals surface area contributed by atoms with Gasteiger partial charge in [0.05, 0.1) is 4.83 Å². The van der Waals surface area contributed by atoms with Crippen LogP contribution in [0.4, 0.5) is 0 Å². The lowest BCUT2D eigenvalue weighted by atomic mass is 9.87. The zero-order valence-electron chi connectivity index (χ0n) is 12.9. The van der Waals surface area contributed by atoms with Gasteiger partial charge in [-0.15, -0.1) is 0 Å². The van der Waals surface area contributed by atoms with Gasteiger partial charge in [-0.25, -0.2) is 0 Å². The van der Waals surface area contributed by atoms with Crippen LogP contribution in [0.1, 0.15) is 43.8 Å². The van der Waals surface area contributed by atoms with Crippen molar-refractivity contribution in [1.82, 2.24) is 0 Å². The molecule has 0 heterocycles. The minimum Gasteiger partial charge on any atom is -0.0843 e. The third-order valence-electron chi connectivity index (χ3n) is 4.54. The Bertz CT molecular complexity index is 676. The van der Waals surface area contributed by atoms with E-state index < -0.39 is 0 Å². The molecule has 2 aromatic carbocycles. The number of halogens is 3. The van der Waals surface area contributed by atoms with Crippen molar-refractivity contribution in [3.05, 3.63) is 66.6 Å². The van der Waals surface area contributed by atoms with Crippen LogP contribution in [-0.4, -0.2) is 0 Å². The van der Waals surface area contributed by atoms with Crippen molar-refractivity contribution in [2.24, 2.45) is 0 Å². The Morgan fingerprint density at radius 3 is 1.86 bits per heavy atom. The Kier molecular flexibility index (Phi) is 5.23. The van der Waals surface area contributed by atoms with Crippen LogP contribution in [-0.2, 0) is 0 Å². The van der Waals surface area contributed by atoms with Gasteiger partial charge in [0.15, 0.2) is 0 Å². The lowest BCUT2D eigenvalue weighted by Crippen LogP contribution is -2.06.